The van der Waals surface area contributed by atoms with E-state index in [2.05, 4.69) is 0 Å². The highest BCUT2D eigenvalue weighted by molar-refractivity contribution is 5.84. The van der Waals surface area contributed by atoms with Gasteiger partial charge in [0.2, 0.25) is 0 Å². The molecule has 84 valence electrons. The molecule has 1 aliphatic heterocycles. The lowest BCUT2D eigenvalue weighted by molar-refractivity contribution is -0.151. The van der Waals surface area contributed by atoms with Gasteiger partial charge in [0.1, 0.15) is 6.10 Å². The predicted molar refractivity (Wildman–Crippen MR) is 54.0 cm³/mol. The van der Waals surface area contributed by atoms with Crippen LogP contribution in [0.15, 0.2) is 12.2 Å². The van der Waals surface area contributed by atoms with Crippen LogP contribution in [-0.4, -0.2) is 24.1 Å². The maximum atomic E-state index is 11.3. The van der Waals surface area contributed by atoms with Crippen LogP contribution in [0.2, 0.25) is 0 Å². The lowest BCUT2D eigenvalue weighted by atomic mass is 10.0. The minimum absolute atomic E-state index is 0.0426. The number of carbonyl (C=O) groups excluding carboxylic acids is 2. The molecule has 0 aromatic heterocycles. The van der Waals surface area contributed by atoms with E-state index in [1.54, 1.807) is 19.9 Å². The second-order valence-corrected chi connectivity index (χ2v) is 3.98. The first kappa shape index (κ1) is 11.8. The molecular weight excluding hydrogens is 196 g/mol. The van der Waals surface area contributed by atoms with Crippen LogP contribution in [-0.2, 0) is 19.1 Å². The summed E-state index contributed by atoms with van der Waals surface area (Å²) in [5.74, 6) is -0.642. The third-order valence-electron chi connectivity index (χ3n) is 2.09. The number of carbonyl (C=O) groups is 2. The molecule has 0 bridgehead atoms. The number of rotatable bonds is 4. The van der Waals surface area contributed by atoms with Crippen molar-refractivity contribution >= 4 is 11.9 Å². The molecule has 1 rings (SSSR count). The summed E-state index contributed by atoms with van der Waals surface area (Å²) in [5, 5.41) is 0. The highest BCUT2D eigenvalue weighted by atomic mass is 16.6. The Balaban J connectivity index is 2.35. The first-order valence-electron chi connectivity index (χ1n) is 5.07. The molecule has 1 heterocycles. The fourth-order valence-electron chi connectivity index (χ4n) is 1.38. The first-order valence-corrected chi connectivity index (χ1v) is 5.07. The Hall–Kier alpha value is -1.32. The fraction of sp³-hybridized carbons (Fsp3) is 0.636. The van der Waals surface area contributed by atoms with E-state index in [-0.39, 0.29) is 36.5 Å². The summed E-state index contributed by atoms with van der Waals surface area (Å²) in [6.07, 6.45) is 2.93. The van der Waals surface area contributed by atoms with Crippen LogP contribution in [0.3, 0.4) is 0 Å². The number of ether oxygens (including phenoxy) is 2. The molecule has 0 aliphatic carbocycles. The zero-order valence-electron chi connectivity index (χ0n) is 9.23. The first-order chi connectivity index (χ1) is 6.99. The zero-order valence-corrected chi connectivity index (χ0v) is 9.23. The smallest absolute Gasteiger partial charge is 0.331 e. The zero-order chi connectivity index (χ0) is 11.4. The summed E-state index contributed by atoms with van der Waals surface area (Å²) in [6, 6.07) is 0. The second kappa shape index (κ2) is 4.96. The van der Waals surface area contributed by atoms with Gasteiger partial charge in [0, 0.05) is 12.0 Å². The van der Waals surface area contributed by atoms with Crippen LogP contribution >= 0.6 is 0 Å². The van der Waals surface area contributed by atoms with Gasteiger partial charge in [-0.15, -0.1) is 0 Å². The summed E-state index contributed by atoms with van der Waals surface area (Å²) >= 11 is 0. The Kier molecular flexibility index (Phi) is 3.88. The molecule has 15 heavy (non-hydrogen) atoms. The van der Waals surface area contributed by atoms with E-state index in [9.17, 15) is 9.59 Å². The van der Waals surface area contributed by atoms with E-state index >= 15 is 0 Å². The number of esters is 2. The van der Waals surface area contributed by atoms with E-state index < -0.39 is 0 Å². The molecule has 4 heteroatoms. The van der Waals surface area contributed by atoms with E-state index in [4.69, 9.17) is 9.47 Å². The van der Waals surface area contributed by atoms with Crippen molar-refractivity contribution in [2.24, 2.45) is 5.92 Å². The second-order valence-electron chi connectivity index (χ2n) is 3.98. The van der Waals surface area contributed by atoms with Gasteiger partial charge in [0.15, 0.2) is 0 Å². The van der Waals surface area contributed by atoms with Gasteiger partial charge >= 0.3 is 11.9 Å². The van der Waals surface area contributed by atoms with E-state index in [0.29, 0.717) is 0 Å². The Bertz CT molecular complexity index is 280. The van der Waals surface area contributed by atoms with Crippen LogP contribution in [0.5, 0.6) is 0 Å². The molecule has 4 nitrogen and oxygen atoms in total. The molecule has 0 saturated heterocycles. The Morgan fingerprint density at radius 1 is 1.53 bits per heavy atom. The average molecular weight is 212 g/mol. The molecular formula is C11H16O4. The third-order valence-corrected chi connectivity index (χ3v) is 2.09. The summed E-state index contributed by atoms with van der Waals surface area (Å²) in [5.41, 5.74) is 0. The van der Waals surface area contributed by atoms with Crippen LogP contribution in [0.25, 0.3) is 0 Å². The van der Waals surface area contributed by atoms with Crippen LogP contribution < -0.4 is 0 Å². The molecule has 0 aromatic carbocycles. The third kappa shape index (κ3) is 3.73. The lowest BCUT2D eigenvalue weighted by Crippen LogP contribution is -2.23. The van der Waals surface area contributed by atoms with Gasteiger partial charge in [-0.3, -0.25) is 4.79 Å². The molecule has 0 unspecified atom stereocenters. The molecule has 0 fully saturated rings. The van der Waals surface area contributed by atoms with Crippen molar-refractivity contribution in [3.63, 3.8) is 0 Å². The normalized spacial score (nSPS) is 21.6. The quantitative estimate of drug-likeness (QED) is 0.662. The molecule has 0 radical (unpaired) electrons. The molecule has 0 aromatic rings. The number of hydrogen-bond donors (Lipinski definition) is 0. The van der Waals surface area contributed by atoms with E-state index in [1.165, 1.54) is 6.08 Å². The molecule has 1 aliphatic rings. The molecule has 0 amide bonds. The van der Waals surface area contributed by atoms with Gasteiger partial charge in [-0.1, -0.05) is 6.92 Å². The Labute approximate surface area is 89.2 Å². The summed E-state index contributed by atoms with van der Waals surface area (Å²) in [4.78, 5) is 22.1. The number of hydrogen-bond acceptors (Lipinski definition) is 4. The Morgan fingerprint density at radius 3 is 2.67 bits per heavy atom. The highest BCUT2D eigenvalue weighted by Crippen LogP contribution is 2.18. The minimum Gasteiger partial charge on any atom is -0.463 e. The number of cyclic esters (lactones) is 1. The largest absolute Gasteiger partial charge is 0.463 e. The molecule has 0 saturated carbocycles. The summed E-state index contributed by atoms with van der Waals surface area (Å²) < 4.78 is 9.97. The van der Waals surface area contributed by atoms with Crippen molar-refractivity contribution < 1.29 is 19.1 Å². The predicted octanol–water partition coefficient (Wildman–Crippen LogP) is 1.45. The van der Waals surface area contributed by atoms with Gasteiger partial charge in [-0.2, -0.15) is 0 Å². The monoisotopic (exact) mass is 212 g/mol. The van der Waals surface area contributed by atoms with Crippen molar-refractivity contribution in [1.82, 2.24) is 0 Å². The van der Waals surface area contributed by atoms with Crippen molar-refractivity contribution in [3.8, 4) is 0 Å². The van der Waals surface area contributed by atoms with Gasteiger partial charge in [0.25, 0.3) is 0 Å². The van der Waals surface area contributed by atoms with Crippen molar-refractivity contribution in [2.75, 3.05) is 0 Å². The Morgan fingerprint density at radius 2 is 2.20 bits per heavy atom. The molecule has 0 spiro atoms. The van der Waals surface area contributed by atoms with Gasteiger partial charge in [-0.05, 0) is 19.9 Å². The summed E-state index contributed by atoms with van der Waals surface area (Å²) in [6.45, 7) is 5.46. The molecule has 2 atom stereocenters. The van der Waals surface area contributed by atoms with E-state index in [1.807, 2.05) is 6.92 Å². The maximum absolute atomic E-state index is 11.3. The van der Waals surface area contributed by atoms with Gasteiger partial charge < -0.3 is 9.47 Å². The standard InChI is InChI=1S/C11H16O4/c1-7(2)14-11(13)6-8(3)9-4-5-10(12)15-9/h4-5,7-9H,6H2,1-3H3/t8-,9+/m0/s1. The van der Waals surface area contributed by atoms with Crippen LogP contribution in [0.4, 0.5) is 0 Å². The van der Waals surface area contributed by atoms with Crippen LogP contribution in [0.1, 0.15) is 27.2 Å². The minimum atomic E-state index is -0.343. The lowest BCUT2D eigenvalue weighted by Gasteiger charge is -2.17. The van der Waals surface area contributed by atoms with Crippen molar-refractivity contribution in [2.45, 2.75) is 39.4 Å². The SMILES string of the molecule is CC(C)OC(=O)C[C@H](C)[C@H]1C=CC(=O)O1. The van der Waals surface area contributed by atoms with Crippen molar-refractivity contribution in [1.29, 1.82) is 0 Å². The highest BCUT2D eigenvalue weighted by Gasteiger charge is 2.25. The van der Waals surface area contributed by atoms with Crippen LogP contribution in [0, 0.1) is 5.92 Å². The molecule has 0 N–H and O–H groups in total. The summed E-state index contributed by atoms with van der Waals surface area (Å²) in [7, 11) is 0. The maximum Gasteiger partial charge on any atom is 0.331 e. The topological polar surface area (TPSA) is 52.6 Å². The van der Waals surface area contributed by atoms with Gasteiger partial charge in [0.05, 0.1) is 12.5 Å². The fourth-order valence-corrected chi connectivity index (χ4v) is 1.38. The average Bonchev–Trinajstić information content (AvgIpc) is 2.49. The van der Waals surface area contributed by atoms with Crippen molar-refractivity contribution in [3.05, 3.63) is 12.2 Å². The van der Waals surface area contributed by atoms with Gasteiger partial charge in [-0.25, -0.2) is 4.79 Å². The van der Waals surface area contributed by atoms with E-state index in [0.717, 1.165) is 0 Å².